The first-order chi connectivity index (χ1) is 11.1. The van der Waals surface area contributed by atoms with Crippen molar-refractivity contribution in [1.82, 2.24) is 10.2 Å². The molecule has 0 aromatic heterocycles. The summed E-state index contributed by atoms with van der Waals surface area (Å²) in [4.78, 5) is 36.5. The van der Waals surface area contributed by atoms with Crippen LogP contribution in [0.5, 0.6) is 0 Å². The van der Waals surface area contributed by atoms with Gasteiger partial charge in [-0.3, -0.25) is 19.3 Å². The highest BCUT2D eigenvalue weighted by Crippen LogP contribution is 2.21. The molecule has 1 aromatic rings. The molecular formula is C15H18ClN3O4S. The lowest BCUT2D eigenvalue weighted by Crippen LogP contribution is -2.48. The highest BCUT2D eigenvalue weighted by atomic mass is 35.5. The standard InChI is InChI=1S/C15H17N3O4S.ClH/c19-13-9-23-15(21)18(13)7-10-1-3-11(4-2-10)17-14(20)12-8-22-6-5-16-12;/h1-4,12,16H,5-9H2,(H,17,20);1H. The molecule has 1 aromatic carbocycles. The van der Waals surface area contributed by atoms with Crippen molar-refractivity contribution in [3.05, 3.63) is 29.8 Å². The van der Waals surface area contributed by atoms with Gasteiger partial charge in [0.2, 0.25) is 11.8 Å². The van der Waals surface area contributed by atoms with Gasteiger partial charge < -0.3 is 15.4 Å². The number of halogens is 1. The third-order valence-corrected chi connectivity index (χ3v) is 4.50. The van der Waals surface area contributed by atoms with E-state index in [2.05, 4.69) is 10.6 Å². The molecule has 2 fully saturated rings. The number of anilines is 1. The number of nitrogens with zero attached hydrogens (tertiary/aromatic N) is 1. The van der Waals surface area contributed by atoms with E-state index in [1.54, 1.807) is 24.3 Å². The molecule has 3 amide bonds. The van der Waals surface area contributed by atoms with Crippen LogP contribution in [0.4, 0.5) is 10.5 Å². The van der Waals surface area contributed by atoms with Crippen LogP contribution in [0.3, 0.4) is 0 Å². The Morgan fingerprint density at radius 2 is 2.08 bits per heavy atom. The molecule has 130 valence electrons. The molecule has 2 heterocycles. The molecule has 1 unspecified atom stereocenters. The molecule has 9 heteroatoms. The fourth-order valence-electron chi connectivity index (χ4n) is 2.37. The second-order valence-electron chi connectivity index (χ2n) is 5.30. The number of amides is 3. The van der Waals surface area contributed by atoms with Crippen LogP contribution in [-0.4, -0.2) is 53.5 Å². The zero-order valence-corrected chi connectivity index (χ0v) is 14.5. The van der Waals surface area contributed by atoms with Gasteiger partial charge in [-0.1, -0.05) is 23.9 Å². The SMILES string of the molecule is Cl.O=C(Nc1ccc(CN2C(=O)CSC2=O)cc1)C1COCCN1. The Morgan fingerprint density at radius 1 is 1.33 bits per heavy atom. The minimum Gasteiger partial charge on any atom is -0.378 e. The molecule has 2 aliphatic rings. The van der Waals surface area contributed by atoms with E-state index in [4.69, 9.17) is 4.74 Å². The van der Waals surface area contributed by atoms with Crippen molar-refractivity contribution in [2.45, 2.75) is 12.6 Å². The van der Waals surface area contributed by atoms with Crippen LogP contribution in [0.15, 0.2) is 24.3 Å². The van der Waals surface area contributed by atoms with E-state index in [0.29, 0.717) is 25.4 Å². The van der Waals surface area contributed by atoms with Gasteiger partial charge >= 0.3 is 0 Å². The Kier molecular flexibility index (Phi) is 6.61. The fourth-order valence-corrected chi connectivity index (χ4v) is 3.10. The highest BCUT2D eigenvalue weighted by Gasteiger charge is 2.29. The summed E-state index contributed by atoms with van der Waals surface area (Å²) in [5.41, 5.74) is 1.51. The predicted octanol–water partition coefficient (Wildman–Crippen LogP) is 1.23. The average molecular weight is 372 g/mol. The fraction of sp³-hybridized carbons (Fsp3) is 0.400. The summed E-state index contributed by atoms with van der Waals surface area (Å²) in [5.74, 6) is -0.0943. The normalized spacial score (nSPS) is 20.7. The molecular weight excluding hydrogens is 354 g/mol. The second kappa shape index (κ2) is 8.48. The number of hydrogen-bond acceptors (Lipinski definition) is 6. The lowest BCUT2D eigenvalue weighted by Gasteiger charge is -2.23. The maximum Gasteiger partial charge on any atom is 0.289 e. The first kappa shape index (κ1) is 18.7. The maximum absolute atomic E-state index is 12.1. The van der Waals surface area contributed by atoms with Crippen molar-refractivity contribution in [2.75, 3.05) is 30.8 Å². The van der Waals surface area contributed by atoms with E-state index < -0.39 is 0 Å². The quantitative estimate of drug-likeness (QED) is 0.827. The number of carbonyl (C=O) groups is 3. The molecule has 0 spiro atoms. The lowest BCUT2D eigenvalue weighted by atomic mass is 10.2. The van der Waals surface area contributed by atoms with Gasteiger partial charge in [0.1, 0.15) is 6.04 Å². The van der Waals surface area contributed by atoms with Crippen molar-refractivity contribution >= 4 is 46.9 Å². The van der Waals surface area contributed by atoms with Crippen LogP contribution in [-0.2, 0) is 20.9 Å². The van der Waals surface area contributed by atoms with Crippen molar-refractivity contribution in [3.8, 4) is 0 Å². The van der Waals surface area contributed by atoms with Crippen LogP contribution in [0.2, 0.25) is 0 Å². The van der Waals surface area contributed by atoms with Gasteiger partial charge in [0, 0.05) is 12.2 Å². The van der Waals surface area contributed by atoms with E-state index in [0.717, 1.165) is 17.3 Å². The van der Waals surface area contributed by atoms with E-state index in [1.807, 2.05) is 0 Å². The number of thioether (sulfide) groups is 1. The monoisotopic (exact) mass is 371 g/mol. The Hall–Kier alpha value is -1.61. The summed E-state index contributed by atoms with van der Waals surface area (Å²) in [6.45, 7) is 1.90. The lowest BCUT2D eigenvalue weighted by molar-refractivity contribution is -0.125. The third kappa shape index (κ3) is 4.47. The van der Waals surface area contributed by atoms with Crippen LogP contribution in [0.25, 0.3) is 0 Å². The minimum absolute atomic E-state index is 0. The van der Waals surface area contributed by atoms with Crippen LogP contribution < -0.4 is 10.6 Å². The number of imide groups is 1. The van der Waals surface area contributed by atoms with Crippen molar-refractivity contribution in [1.29, 1.82) is 0 Å². The van der Waals surface area contributed by atoms with Gasteiger partial charge in [0.25, 0.3) is 5.24 Å². The summed E-state index contributed by atoms with van der Waals surface area (Å²) in [7, 11) is 0. The number of morpholine rings is 1. The Labute approximate surface area is 149 Å². The third-order valence-electron chi connectivity index (χ3n) is 3.64. The first-order valence-electron chi connectivity index (χ1n) is 7.31. The van der Waals surface area contributed by atoms with Crippen LogP contribution in [0, 0.1) is 0 Å². The number of nitrogens with one attached hydrogen (secondary N) is 2. The molecule has 0 radical (unpaired) electrons. The first-order valence-corrected chi connectivity index (χ1v) is 8.30. The second-order valence-corrected chi connectivity index (χ2v) is 6.23. The topological polar surface area (TPSA) is 87.7 Å². The molecule has 2 N–H and O–H groups in total. The van der Waals surface area contributed by atoms with Gasteiger partial charge in [-0.25, -0.2) is 0 Å². The molecule has 3 rings (SSSR count). The summed E-state index contributed by atoms with van der Waals surface area (Å²) >= 11 is 1.02. The molecule has 1 atom stereocenters. The number of hydrogen-bond donors (Lipinski definition) is 2. The van der Waals surface area contributed by atoms with E-state index in [9.17, 15) is 14.4 Å². The van der Waals surface area contributed by atoms with Gasteiger partial charge in [-0.2, -0.15) is 0 Å². The minimum atomic E-state index is -0.347. The molecule has 2 saturated heterocycles. The van der Waals surface area contributed by atoms with E-state index in [-0.39, 0.29) is 47.8 Å². The van der Waals surface area contributed by atoms with Gasteiger partial charge in [0.05, 0.1) is 25.5 Å². The molecule has 0 saturated carbocycles. The zero-order chi connectivity index (χ0) is 16.2. The van der Waals surface area contributed by atoms with Crippen molar-refractivity contribution in [2.24, 2.45) is 0 Å². The van der Waals surface area contributed by atoms with Crippen molar-refractivity contribution < 1.29 is 19.1 Å². The number of carbonyl (C=O) groups excluding carboxylic acids is 3. The Balaban J connectivity index is 0.00000208. The summed E-state index contributed by atoms with van der Waals surface area (Å²) in [6, 6.07) is 6.76. The summed E-state index contributed by atoms with van der Waals surface area (Å²) in [5, 5.41) is 5.69. The number of benzene rings is 1. The van der Waals surface area contributed by atoms with Gasteiger partial charge in [-0.05, 0) is 17.7 Å². The maximum atomic E-state index is 12.1. The van der Waals surface area contributed by atoms with Gasteiger partial charge in [-0.15, -0.1) is 12.4 Å². The van der Waals surface area contributed by atoms with E-state index in [1.165, 1.54) is 4.90 Å². The molecule has 0 aliphatic carbocycles. The largest absolute Gasteiger partial charge is 0.378 e. The molecule has 7 nitrogen and oxygen atoms in total. The number of ether oxygens (including phenoxy) is 1. The molecule has 2 aliphatic heterocycles. The number of rotatable bonds is 4. The zero-order valence-electron chi connectivity index (χ0n) is 12.8. The smallest absolute Gasteiger partial charge is 0.289 e. The summed E-state index contributed by atoms with van der Waals surface area (Å²) < 4.78 is 5.26. The average Bonchev–Trinajstić information content (AvgIpc) is 2.89. The molecule has 24 heavy (non-hydrogen) atoms. The summed E-state index contributed by atoms with van der Waals surface area (Å²) in [6.07, 6.45) is 0. The van der Waals surface area contributed by atoms with Crippen LogP contribution in [0.1, 0.15) is 5.56 Å². The van der Waals surface area contributed by atoms with Crippen molar-refractivity contribution in [3.63, 3.8) is 0 Å². The molecule has 0 bridgehead atoms. The Morgan fingerprint density at radius 3 is 2.67 bits per heavy atom. The highest BCUT2D eigenvalue weighted by molar-refractivity contribution is 8.14. The van der Waals surface area contributed by atoms with Gasteiger partial charge in [0.15, 0.2) is 0 Å². The van der Waals surface area contributed by atoms with E-state index >= 15 is 0 Å². The predicted molar refractivity (Wildman–Crippen MR) is 93.3 cm³/mol. The Bertz CT molecular complexity index is 604. The van der Waals surface area contributed by atoms with Crippen LogP contribution >= 0.6 is 24.2 Å².